The molecule has 0 saturated heterocycles. The molecular weight excluding hydrogens is 256 g/mol. The quantitative estimate of drug-likeness (QED) is 0.794. The molecule has 1 unspecified atom stereocenters. The molecule has 98 valence electrons. The molecule has 0 spiro atoms. The molecule has 0 amide bonds. The summed E-state index contributed by atoms with van der Waals surface area (Å²) in [6, 6.07) is 8.41. The van der Waals surface area contributed by atoms with Gasteiger partial charge in [0.25, 0.3) is 0 Å². The number of aromatic nitrogens is 3. The smallest absolute Gasteiger partial charge is 0.160 e. The Morgan fingerprint density at radius 3 is 3.00 bits per heavy atom. The maximum atomic E-state index is 4.22. The lowest BCUT2D eigenvalue weighted by Crippen LogP contribution is -2.19. The Morgan fingerprint density at radius 2 is 2.21 bits per heavy atom. The van der Waals surface area contributed by atoms with Crippen LogP contribution in [0.1, 0.15) is 29.2 Å². The number of fused-ring (bicyclic) bond motifs is 1. The summed E-state index contributed by atoms with van der Waals surface area (Å²) in [5.74, 6) is 0.941. The Morgan fingerprint density at radius 1 is 1.32 bits per heavy atom. The Balaban J connectivity index is 1.74. The molecule has 1 N–H and O–H groups in total. The summed E-state index contributed by atoms with van der Waals surface area (Å²) < 4.78 is 2.01. The third-order valence-electron chi connectivity index (χ3n) is 3.25. The summed E-state index contributed by atoms with van der Waals surface area (Å²) in [7, 11) is 0. The van der Waals surface area contributed by atoms with Gasteiger partial charge in [-0.3, -0.25) is 4.40 Å². The van der Waals surface area contributed by atoms with Crippen LogP contribution < -0.4 is 5.32 Å². The van der Waals surface area contributed by atoms with Gasteiger partial charge in [-0.05, 0) is 43.0 Å². The van der Waals surface area contributed by atoms with Crippen LogP contribution in [0.2, 0.25) is 0 Å². The summed E-state index contributed by atoms with van der Waals surface area (Å²) in [6.07, 6.45) is 1.99. The second-order valence-corrected chi connectivity index (χ2v) is 5.56. The molecule has 0 saturated carbocycles. The van der Waals surface area contributed by atoms with Crippen LogP contribution in [-0.2, 0) is 6.54 Å². The molecule has 3 aromatic heterocycles. The van der Waals surface area contributed by atoms with Gasteiger partial charge in [-0.25, -0.2) is 0 Å². The van der Waals surface area contributed by atoms with Crippen LogP contribution in [-0.4, -0.2) is 14.6 Å². The maximum absolute atomic E-state index is 4.22. The second kappa shape index (κ2) is 5.11. The highest BCUT2D eigenvalue weighted by Gasteiger charge is 2.11. The number of thiophene rings is 1. The van der Waals surface area contributed by atoms with E-state index in [1.165, 1.54) is 10.4 Å². The Hall–Kier alpha value is -1.72. The predicted molar refractivity (Wildman–Crippen MR) is 77.3 cm³/mol. The average molecular weight is 272 g/mol. The summed E-state index contributed by atoms with van der Waals surface area (Å²) in [5.41, 5.74) is 2.23. The van der Waals surface area contributed by atoms with Crippen LogP contribution in [0.4, 0.5) is 0 Å². The summed E-state index contributed by atoms with van der Waals surface area (Å²) in [6.45, 7) is 5.04. The van der Waals surface area contributed by atoms with E-state index in [9.17, 15) is 0 Å². The largest absolute Gasteiger partial charge is 0.302 e. The van der Waals surface area contributed by atoms with Crippen LogP contribution in [0.15, 0.2) is 35.8 Å². The van der Waals surface area contributed by atoms with Crippen molar-refractivity contribution in [2.24, 2.45) is 0 Å². The van der Waals surface area contributed by atoms with Gasteiger partial charge in [-0.2, -0.15) is 0 Å². The molecule has 5 heteroatoms. The van der Waals surface area contributed by atoms with E-state index in [1.807, 2.05) is 28.8 Å². The van der Waals surface area contributed by atoms with Gasteiger partial charge in [0.05, 0.1) is 6.54 Å². The molecule has 3 rings (SSSR count). The molecule has 3 heterocycles. The number of aryl methyl sites for hydroxylation is 1. The lowest BCUT2D eigenvalue weighted by atomic mass is 10.2. The number of pyridine rings is 1. The zero-order valence-electron chi connectivity index (χ0n) is 11.0. The number of nitrogens with zero attached hydrogens (tertiary/aromatic N) is 3. The van der Waals surface area contributed by atoms with Crippen molar-refractivity contribution >= 4 is 17.0 Å². The van der Waals surface area contributed by atoms with Gasteiger partial charge in [0, 0.05) is 17.1 Å². The first kappa shape index (κ1) is 12.3. The normalized spacial score (nSPS) is 12.9. The van der Waals surface area contributed by atoms with Crippen molar-refractivity contribution in [3.8, 4) is 0 Å². The Kier molecular flexibility index (Phi) is 3.31. The summed E-state index contributed by atoms with van der Waals surface area (Å²) in [4.78, 5) is 1.38. The first-order valence-electron chi connectivity index (χ1n) is 6.31. The molecule has 4 nitrogen and oxygen atoms in total. The molecule has 0 aliphatic heterocycles. The standard InChI is InChI=1S/C14H16N4S/c1-10-6-8-19-14(10)11(2)15-9-13-17-16-12-5-3-4-7-18(12)13/h3-8,11,15H,9H2,1-2H3. The Bertz CT molecular complexity index is 685. The van der Waals surface area contributed by atoms with Gasteiger partial charge in [-0.1, -0.05) is 6.07 Å². The minimum atomic E-state index is 0.330. The van der Waals surface area contributed by atoms with E-state index in [1.54, 1.807) is 11.3 Å². The Labute approximate surface area is 116 Å². The van der Waals surface area contributed by atoms with E-state index in [0.29, 0.717) is 12.6 Å². The van der Waals surface area contributed by atoms with Gasteiger partial charge in [0.1, 0.15) is 0 Å². The molecule has 0 fully saturated rings. The highest BCUT2D eigenvalue weighted by Crippen LogP contribution is 2.23. The maximum Gasteiger partial charge on any atom is 0.160 e. The molecular formula is C14H16N4S. The van der Waals surface area contributed by atoms with E-state index < -0.39 is 0 Å². The van der Waals surface area contributed by atoms with E-state index in [2.05, 4.69) is 40.8 Å². The fourth-order valence-electron chi connectivity index (χ4n) is 2.18. The average Bonchev–Trinajstić information content (AvgIpc) is 3.02. The number of hydrogen-bond acceptors (Lipinski definition) is 4. The molecule has 0 aliphatic rings. The van der Waals surface area contributed by atoms with Gasteiger partial charge < -0.3 is 5.32 Å². The van der Waals surface area contributed by atoms with E-state index in [4.69, 9.17) is 0 Å². The predicted octanol–water partition coefficient (Wildman–Crippen LogP) is 2.95. The SMILES string of the molecule is Cc1ccsc1C(C)NCc1nnc2ccccn12. The lowest BCUT2D eigenvalue weighted by molar-refractivity contribution is 0.562. The third-order valence-corrected chi connectivity index (χ3v) is 4.45. The van der Waals surface area contributed by atoms with Gasteiger partial charge in [0.15, 0.2) is 11.5 Å². The fourth-order valence-corrected chi connectivity index (χ4v) is 3.14. The van der Waals surface area contributed by atoms with Crippen LogP contribution in [0, 0.1) is 6.92 Å². The molecule has 0 radical (unpaired) electrons. The van der Waals surface area contributed by atoms with Crippen LogP contribution in [0.5, 0.6) is 0 Å². The number of nitrogens with one attached hydrogen (secondary N) is 1. The van der Waals surface area contributed by atoms with Crippen LogP contribution in [0.25, 0.3) is 5.65 Å². The fraction of sp³-hybridized carbons (Fsp3) is 0.286. The van der Waals surface area contributed by atoms with Gasteiger partial charge >= 0.3 is 0 Å². The highest BCUT2D eigenvalue weighted by molar-refractivity contribution is 7.10. The topological polar surface area (TPSA) is 42.2 Å². The lowest BCUT2D eigenvalue weighted by Gasteiger charge is -2.12. The second-order valence-electron chi connectivity index (χ2n) is 4.62. The molecule has 0 aromatic carbocycles. The number of hydrogen-bond donors (Lipinski definition) is 1. The van der Waals surface area contributed by atoms with Crippen molar-refractivity contribution in [3.63, 3.8) is 0 Å². The van der Waals surface area contributed by atoms with Crippen LogP contribution in [0.3, 0.4) is 0 Å². The monoisotopic (exact) mass is 272 g/mol. The molecule has 1 atom stereocenters. The zero-order chi connectivity index (χ0) is 13.2. The van der Waals surface area contributed by atoms with Crippen LogP contribution >= 0.6 is 11.3 Å². The van der Waals surface area contributed by atoms with E-state index >= 15 is 0 Å². The van der Waals surface area contributed by atoms with Crippen molar-refractivity contribution < 1.29 is 0 Å². The first-order valence-corrected chi connectivity index (χ1v) is 7.19. The highest BCUT2D eigenvalue weighted by atomic mass is 32.1. The first-order chi connectivity index (χ1) is 9.25. The summed E-state index contributed by atoms with van der Waals surface area (Å²) >= 11 is 1.79. The molecule has 19 heavy (non-hydrogen) atoms. The van der Waals surface area contributed by atoms with Crippen molar-refractivity contribution in [2.75, 3.05) is 0 Å². The summed E-state index contributed by atoms with van der Waals surface area (Å²) in [5, 5.41) is 14.0. The zero-order valence-corrected chi connectivity index (χ0v) is 11.8. The minimum Gasteiger partial charge on any atom is -0.302 e. The van der Waals surface area contributed by atoms with Crippen molar-refractivity contribution in [1.29, 1.82) is 0 Å². The molecule has 0 bridgehead atoms. The van der Waals surface area contributed by atoms with Gasteiger partial charge in [-0.15, -0.1) is 21.5 Å². The molecule has 3 aromatic rings. The van der Waals surface area contributed by atoms with E-state index in [0.717, 1.165) is 11.5 Å². The van der Waals surface area contributed by atoms with Crippen molar-refractivity contribution in [2.45, 2.75) is 26.4 Å². The van der Waals surface area contributed by atoms with E-state index in [-0.39, 0.29) is 0 Å². The number of rotatable bonds is 4. The third kappa shape index (κ3) is 2.39. The molecule has 0 aliphatic carbocycles. The van der Waals surface area contributed by atoms with Crippen molar-refractivity contribution in [3.05, 3.63) is 52.1 Å². The van der Waals surface area contributed by atoms with Crippen molar-refractivity contribution in [1.82, 2.24) is 19.9 Å². The minimum absolute atomic E-state index is 0.330. The van der Waals surface area contributed by atoms with Gasteiger partial charge in [0.2, 0.25) is 0 Å².